The highest BCUT2D eigenvalue weighted by Crippen LogP contribution is 2.15. The van der Waals surface area contributed by atoms with Gasteiger partial charge in [-0.15, -0.1) is 0 Å². The molecule has 110 valence electrons. The fourth-order valence-electron chi connectivity index (χ4n) is 1.83. The van der Waals surface area contributed by atoms with Gasteiger partial charge in [0.25, 0.3) is 0 Å². The Kier molecular flexibility index (Phi) is 5.26. The van der Waals surface area contributed by atoms with E-state index in [2.05, 4.69) is 10.1 Å². The van der Waals surface area contributed by atoms with E-state index < -0.39 is 6.61 Å². The summed E-state index contributed by atoms with van der Waals surface area (Å²) in [6.45, 7) is -2.38. The smallest absolute Gasteiger partial charge is 0.387 e. The summed E-state index contributed by atoms with van der Waals surface area (Å²) >= 11 is 0. The second kappa shape index (κ2) is 7.38. The molecule has 5 heteroatoms. The van der Waals surface area contributed by atoms with Crippen molar-refractivity contribution in [2.75, 3.05) is 0 Å². The topological polar surface area (TPSA) is 38.3 Å². The summed E-state index contributed by atoms with van der Waals surface area (Å²) < 4.78 is 28.3. The Labute approximate surface area is 121 Å². The minimum atomic E-state index is -2.84. The lowest BCUT2D eigenvalue weighted by Gasteiger charge is -2.07. The zero-order valence-corrected chi connectivity index (χ0v) is 11.3. The first kappa shape index (κ1) is 15.0. The largest absolute Gasteiger partial charge is 0.435 e. The van der Waals surface area contributed by atoms with E-state index in [9.17, 15) is 13.6 Å². The number of alkyl halides is 2. The minimum Gasteiger partial charge on any atom is -0.435 e. The Bertz CT molecular complexity index is 571. The molecule has 0 saturated carbocycles. The van der Waals surface area contributed by atoms with Crippen LogP contribution < -0.4 is 10.1 Å². The lowest BCUT2D eigenvalue weighted by atomic mass is 10.1. The van der Waals surface area contributed by atoms with Crippen molar-refractivity contribution in [3.63, 3.8) is 0 Å². The quantitative estimate of drug-likeness (QED) is 0.888. The first-order valence-corrected chi connectivity index (χ1v) is 6.48. The number of benzene rings is 2. The maximum absolute atomic E-state index is 12.0. The maximum atomic E-state index is 12.0. The van der Waals surface area contributed by atoms with Gasteiger partial charge in [0.1, 0.15) is 5.75 Å². The third-order valence-electron chi connectivity index (χ3n) is 2.85. The van der Waals surface area contributed by atoms with E-state index in [4.69, 9.17) is 0 Å². The van der Waals surface area contributed by atoms with E-state index in [1.807, 2.05) is 30.3 Å². The molecule has 0 aliphatic heterocycles. The molecule has 21 heavy (non-hydrogen) atoms. The molecule has 0 unspecified atom stereocenters. The predicted molar refractivity (Wildman–Crippen MR) is 75.1 cm³/mol. The predicted octanol–water partition coefficient (Wildman–Crippen LogP) is 3.15. The van der Waals surface area contributed by atoms with Crippen LogP contribution in [0.25, 0.3) is 0 Å². The van der Waals surface area contributed by atoms with E-state index >= 15 is 0 Å². The molecule has 0 heterocycles. The molecule has 0 aliphatic carbocycles. The molecule has 0 radical (unpaired) electrons. The van der Waals surface area contributed by atoms with Gasteiger partial charge in [-0.1, -0.05) is 42.5 Å². The van der Waals surface area contributed by atoms with E-state index in [-0.39, 0.29) is 18.1 Å². The number of carbonyl (C=O) groups is 1. The molecule has 2 aromatic rings. The van der Waals surface area contributed by atoms with Gasteiger partial charge in [-0.05, 0) is 23.3 Å². The van der Waals surface area contributed by atoms with Crippen molar-refractivity contribution >= 4 is 5.91 Å². The van der Waals surface area contributed by atoms with Crippen LogP contribution in [-0.2, 0) is 17.8 Å². The van der Waals surface area contributed by atoms with Gasteiger partial charge >= 0.3 is 6.61 Å². The summed E-state index contributed by atoms with van der Waals surface area (Å²) in [6.07, 6.45) is 0.196. The van der Waals surface area contributed by atoms with Gasteiger partial charge in [0.05, 0.1) is 6.42 Å². The molecule has 2 aromatic carbocycles. The normalized spacial score (nSPS) is 10.4. The molecular formula is C16H15F2NO2. The molecule has 3 nitrogen and oxygen atoms in total. The summed E-state index contributed by atoms with van der Waals surface area (Å²) in [5.41, 5.74) is 1.76. The molecule has 0 aliphatic rings. The highest BCUT2D eigenvalue weighted by Gasteiger charge is 2.06. The first-order chi connectivity index (χ1) is 10.1. The van der Waals surface area contributed by atoms with Crippen molar-refractivity contribution < 1.29 is 18.3 Å². The molecule has 0 fully saturated rings. The number of nitrogens with one attached hydrogen (secondary N) is 1. The van der Waals surface area contributed by atoms with Crippen molar-refractivity contribution in [2.45, 2.75) is 19.6 Å². The number of hydrogen-bond acceptors (Lipinski definition) is 2. The van der Waals surface area contributed by atoms with E-state index in [1.165, 1.54) is 12.1 Å². The first-order valence-electron chi connectivity index (χ1n) is 6.48. The molecular weight excluding hydrogens is 276 g/mol. The standard InChI is InChI=1S/C16H15F2NO2/c17-16(18)21-14-8-6-12(7-9-14)10-15(20)19-11-13-4-2-1-3-5-13/h1-9,16H,10-11H2,(H,19,20). The van der Waals surface area contributed by atoms with Gasteiger partial charge in [-0.3, -0.25) is 4.79 Å². The number of ether oxygens (including phenoxy) is 1. The van der Waals surface area contributed by atoms with E-state index in [0.717, 1.165) is 11.1 Å². The van der Waals surface area contributed by atoms with Crippen LogP contribution in [0.1, 0.15) is 11.1 Å². The molecule has 1 N–H and O–H groups in total. The maximum Gasteiger partial charge on any atom is 0.387 e. The van der Waals surface area contributed by atoms with Crippen LogP contribution in [0.2, 0.25) is 0 Å². The summed E-state index contributed by atoms with van der Waals surface area (Å²) in [4.78, 5) is 11.8. The van der Waals surface area contributed by atoms with Gasteiger partial charge in [0.15, 0.2) is 0 Å². The van der Waals surface area contributed by atoms with Crippen LogP contribution in [0.4, 0.5) is 8.78 Å². The Morgan fingerprint density at radius 1 is 1.00 bits per heavy atom. The van der Waals surface area contributed by atoms with Gasteiger partial charge in [-0.25, -0.2) is 0 Å². The monoisotopic (exact) mass is 291 g/mol. The van der Waals surface area contributed by atoms with Gasteiger partial charge in [-0.2, -0.15) is 8.78 Å². The van der Waals surface area contributed by atoms with Crippen LogP contribution in [0.15, 0.2) is 54.6 Å². The fourth-order valence-corrected chi connectivity index (χ4v) is 1.83. The highest BCUT2D eigenvalue weighted by atomic mass is 19.3. The summed E-state index contributed by atoms with van der Waals surface area (Å²) in [6, 6.07) is 15.6. The average molecular weight is 291 g/mol. The Morgan fingerprint density at radius 3 is 2.29 bits per heavy atom. The molecule has 2 rings (SSSR count). The number of halogens is 2. The van der Waals surface area contributed by atoms with Crippen LogP contribution in [0.3, 0.4) is 0 Å². The second-order valence-corrected chi connectivity index (χ2v) is 4.46. The van der Waals surface area contributed by atoms with Gasteiger partial charge in [0.2, 0.25) is 5.91 Å². The highest BCUT2D eigenvalue weighted by molar-refractivity contribution is 5.78. The molecule has 0 aromatic heterocycles. The molecule has 1 amide bonds. The lowest BCUT2D eigenvalue weighted by Crippen LogP contribution is -2.24. The van der Waals surface area contributed by atoms with Crippen molar-refractivity contribution in [1.29, 1.82) is 0 Å². The van der Waals surface area contributed by atoms with Crippen LogP contribution >= 0.6 is 0 Å². The Balaban J connectivity index is 1.82. The second-order valence-electron chi connectivity index (χ2n) is 4.46. The van der Waals surface area contributed by atoms with E-state index in [0.29, 0.717) is 6.54 Å². The number of hydrogen-bond donors (Lipinski definition) is 1. The molecule has 0 spiro atoms. The van der Waals surface area contributed by atoms with Crippen LogP contribution in [0, 0.1) is 0 Å². The van der Waals surface area contributed by atoms with Crippen molar-refractivity contribution in [3.8, 4) is 5.75 Å². The zero-order valence-electron chi connectivity index (χ0n) is 11.3. The zero-order chi connectivity index (χ0) is 15.1. The summed E-state index contributed by atoms with van der Waals surface area (Å²) in [7, 11) is 0. The van der Waals surface area contributed by atoms with Crippen molar-refractivity contribution in [1.82, 2.24) is 5.32 Å². The summed E-state index contributed by atoms with van der Waals surface area (Å²) in [5.74, 6) is -0.0418. The number of amides is 1. The fraction of sp³-hybridized carbons (Fsp3) is 0.188. The average Bonchev–Trinajstić information content (AvgIpc) is 2.48. The molecule has 0 bridgehead atoms. The van der Waals surface area contributed by atoms with Crippen molar-refractivity contribution in [2.24, 2.45) is 0 Å². The number of carbonyl (C=O) groups excluding carboxylic acids is 1. The van der Waals surface area contributed by atoms with Crippen LogP contribution in [0.5, 0.6) is 5.75 Å². The molecule has 0 saturated heterocycles. The molecule has 0 atom stereocenters. The van der Waals surface area contributed by atoms with E-state index in [1.54, 1.807) is 12.1 Å². The lowest BCUT2D eigenvalue weighted by molar-refractivity contribution is -0.120. The van der Waals surface area contributed by atoms with Crippen molar-refractivity contribution in [3.05, 3.63) is 65.7 Å². The van der Waals surface area contributed by atoms with Gasteiger partial charge < -0.3 is 10.1 Å². The summed E-state index contributed by atoms with van der Waals surface area (Å²) in [5, 5.41) is 2.80. The SMILES string of the molecule is O=C(Cc1ccc(OC(F)F)cc1)NCc1ccccc1. The number of rotatable bonds is 6. The third kappa shape index (κ3) is 5.22. The van der Waals surface area contributed by atoms with Crippen LogP contribution in [-0.4, -0.2) is 12.5 Å². The van der Waals surface area contributed by atoms with Gasteiger partial charge in [0, 0.05) is 6.54 Å². The Hall–Kier alpha value is -2.43. The Morgan fingerprint density at radius 2 is 1.67 bits per heavy atom. The third-order valence-corrected chi connectivity index (χ3v) is 2.85. The minimum absolute atomic E-state index is 0.0819.